The van der Waals surface area contributed by atoms with Crippen molar-refractivity contribution in [3.63, 3.8) is 0 Å². The lowest BCUT2D eigenvalue weighted by atomic mass is 9.85. The van der Waals surface area contributed by atoms with Crippen LogP contribution in [0.3, 0.4) is 0 Å². The van der Waals surface area contributed by atoms with E-state index in [0.29, 0.717) is 0 Å². The number of aliphatic hydroxyl groups is 1. The van der Waals surface area contributed by atoms with Crippen LogP contribution in [0.2, 0.25) is 0 Å². The quantitative estimate of drug-likeness (QED) is 0.758. The van der Waals surface area contributed by atoms with E-state index >= 15 is 0 Å². The fourth-order valence-corrected chi connectivity index (χ4v) is 2.57. The van der Waals surface area contributed by atoms with Crippen LogP contribution in [0, 0.1) is 0 Å². The molecule has 1 aliphatic rings. The van der Waals surface area contributed by atoms with Crippen LogP contribution in [0.5, 0.6) is 0 Å². The average molecular weight is 237 g/mol. The molecule has 0 unspecified atom stereocenters. The summed E-state index contributed by atoms with van der Waals surface area (Å²) in [5.74, 6) is 0. The number of hydrogen-bond acceptors (Lipinski definition) is 3. The highest BCUT2D eigenvalue weighted by Gasteiger charge is 2.28. The Bertz CT molecular complexity index is 342. The molecule has 0 saturated heterocycles. The summed E-state index contributed by atoms with van der Waals surface area (Å²) in [5, 5.41) is 17.8. The molecule has 2 rings (SSSR count). The van der Waals surface area contributed by atoms with Crippen molar-refractivity contribution in [2.45, 2.75) is 44.1 Å². The third kappa shape index (κ3) is 3.54. The first-order chi connectivity index (χ1) is 8.20. The molecule has 1 fully saturated rings. The van der Waals surface area contributed by atoms with E-state index in [2.05, 4.69) is 10.4 Å². The molecule has 4 nitrogen and oxygen atoms in total. The van der Waals surface area contributed by atoms with Gasteiger partial charge in [-0.2, -0.15) is 5.10 Å². The Morgan fingerprint density at radius 3 is 2.82 bits per heavy atom. The molecule has 0 spiro atoms. The number of aromatic nitrogens is 2. The molecule has 1 saturated carbocycles. The van der Waals surface area contributed by atoms with Gasteiger partial charge in [0.1, 0.15) is 0 Å². The summed E-state index contributed by atoms with van der Waals surface area (Å²) >= 11 is 0. The zero-order valence-electron chi connectivity index (χ0n) is 10.7. The molecule has 1 aromatic heterocycles. The second-order valence-electron chi connectivity index (χ2n) is 5.16. The van der Waals surface area contributed by atoms with Crippen molar-refractivity contribution in [1.29, 1.82) is 0 Å². The normalized spacial score (nSPS) is 19.4. The van der Waals surface area contributed by atoms with Crippen molar-refractivity contribution in [2.75, 3.05) is 13.1 Å². The highest BCUT2D eigenvalue weighted by Crippen LogP contribution is 2.27. The second-order valence-corrected chi connectivity index (χ2v) is 5.16. The van der Waals surface area contributed by atoms with Gasteiger partial charge in [-0.1, -0.05) is 19.3 Å². The fourth-order valence-electron chi connectivity index (χ4n) is 2.57. The fraction of sp³-hybridized carbons (Fsp3) is 0.769. The van der Waals surface area contributed by atoms with Crippen LogP contribution in [-0.2, 0) is 13.5 Å². The molecule has 2 N–H and O–H groups in total. The van der Waals surface area contributed by atoms with Crippen molar-refractivity contribution in [2.24, 2.45) is 7.05 Å². The van der Waals surface area contributed by atoms with E-state index in [0.717, 1.165) is 32.4 Å². The summed E-state index contributed by atoms with van der Waals surface area (Å²) in [5.41, 5.74) is 0.776. The zero-order chi connectivity index (χ0) is 12.1. The predicted octanol–water partition coefficient (Wildman–Crippen LogP) is 1.25. The van der Waals surface area contributed by atoms with Crippen molar-refractivity contribution in [3.05, 3.63) is 18.0 Å². The molecule has 0 radical (unpaired) electrons. The van der Waals surface area contributed by atoms with Gasteiger partial charge in [-0.05, 0) is 18.9 Å². The molecule has 0 aromatic carbocycles. The zero-order valence-corrected chi connectivity index (χ0v) is 10.7. The van der Waals surface area contributed by atoms with Crippen LogP contribution in [-0.4, -0.2) is 33.6 Å². The summed E-state index contributed by atoms with van der Waals surface area (Å²) in [6.45, 7) is 1.63. The van der Waals surface area contributed by atoms with E-state index in [-0.39, 0.29) is 0 Å². The third-order valence-electron chi connectivity index (χ3n) is 3.72. The number of nitrogens with zero attached hydrogens (tertiary/aromatic N) is 2. The van der Waals surface area contributed by atoms with Gasteiger partial charge in [-0.3, -0.25) is 4.68 Å². The standard InChI is InChI=1S/C13H23N3O/c1-16-12(6-10-15-16)5-9-14-11-13(17)7-3-2-4-8-13/h6,10,14,17H,2-5,7-9,11H2,1H3. The number of nitrogens with one attached hydrogen (secondary N) is 1. The summed E-state index contributed by atoms with van der Waals surface area (Å²) in [4.78, 5) is 0. The molecule has 0 amide bonds. The molecule has 96 valence electrons. The SMILES string of the molecule is Cn1nccc1CCNCC1(O)CCCCC1. The van der Waals surface area contributed by atoms with Crippen molar-refractivity contribution >= 4 is 0 Å². The van der Waals surface area contributed by atoms with Crippen LogP contribution < -0.4 is 5.32 Å². The summed E-state index contributed by atoms with van der Waals surface area (Å²) in [6.07, 6.45) is 8.30. The summed E-state index contributed by atoms with van der Waals surface area (Å²) in [7, 11) is 1.96. The Hall–Kier alpha value is -0.870. The minimum absolute atomic E-state index is 0.454. The van der Waals surface area contributed by atoms with Crippen LogP contribution >= 0.6 is 0 Å². The lowest BCUT2D eigenvalue weighted by Crippen LogP contribution is -2.42. The molecule has 0 atom stereocenters. The molecule has 1 aromatic rings. The molecule has 1 heterocycles. The lowest BCUT2D eigenvalue weighted by Gasteiger charge is -2.32. The van der Waals surface area contributed by atoms with E-state index in [9.17, 15) is 5.11 Å². The molecular weight excluding hydrogens is 214 g/mol. The maximum atomic E-state index is 10.3. The Balaban J connectivity index is 1.67. The molecule has 0 aliphatic heterocycles. The Morgan fingerprint density at radius 1 is 1.41 bits per heavy atom. The highest BCUT2D eigenvalue weighted by atomic mass is 16.3. The first kappa shape index (κ1) is 12.6. The number of aryl methyl sites for hydroxylation is 1. The maximum Gasteiger partial charge on any atom is 0.0771 e. The van der Waals surface area contributed by atoms with Gasteiger partial charge in [-0.15, -0.1) is 0 Å². The minimum atomic E-state index is -0.454. The molecule has 0 bridgehead atoms. The number of hydrogen-bond donors (Lipinski definition) is 2. The van der Waals surface area contributed by atoms with E-state index in [1.165, 1.54) is 25.0 Å². The maximum absolute atomic E-state index is 10.3. The molecule has 4 heteroatoms. The van der Waals surface area contributed by atoms with Crippen LogP contribution in [0.25, 0.3) is 0 Å². The van der Waals surface area contributed by atoms with Gasteiger partial charge < -0.3 is 10.4 Å². The van der Waals surface area contributed by atoms with Crippen molar-refractivity contribution < 1.29 is 5.11 Å². The second kappa shape index (κ2) is 5.65. The lowest BCUT2D eigenvalue weighted by molar-refractivity contribution is 0.00515. The Kier molecular flexibility index (Phi) is 4.18. The molecule has 1 aliphatic carbocycles. The summed E-state index contributed by atoms with van der Waals surface area (Å²) < 4.78 is 1.90. The van der Waals surface area contributed by atoms with Crippen molar-refractivity contribution in [1.82, 2.24) is 15.1 Å². The molecular formula is C13H23N3O. The predicted molar refractivity (Wildman–Crippen MR) is 67.8 cm³/mol. The minimum Gasteiger partial charge on any atom is -0.389 e. The van der Waals surface area contributed by atoms with E-state index in [1.807, 2.05) is 24.0 Å². The van der Waals surface area contributed by atoms with Crippen LogP contribution in [0.15, 0.2) is 12.3 Å². The first-order valence-corrected chi connectivity index (χ1v) is 6.60. The van der Waals surface area contributed by atoms with E-state index < -0.39 is 5.60 Å². The average Bonchev–Trinajstić information content (AvgIpc) is 2.72. The van der Waals surface area contributed by atoms with Crippen LogP contribution in [0.1, 0.15) is 37.8 Å². The van der Waals surface area contributed by atoms with Gasteiger partial charge >= 0.3 is 0 Å². The number of rotatable bonds is 5. The summed E-state index contributed by atoms with van der Waals surface area (Å²) in [6, 6.07) is 2.04. The van der Waals surface area contributed by atoms with E-state index in [4.69, 9.17) is 0 Å². The topological polar surface area (TPSA) is 50.1 Å². The van der Waals surface area contributed by atoms with E-state index in [1.54, 1.807) is 0 Å². The van der Waals surface area contributed by atoms with Gasteiger partial charge in [0.15, 0.2) is 0 Å². The van der Waals surface area contributed by atoms with Gasteiger partial charge in [0.25, 0.3) is 0 Å². The van der Waals surface area contributed by atoms with Gasteiger partial charge in [-0.25, -0.2) is 0 Å². The highest BCUT2D eigenvalue weighted by molar-refractivity contribution is 5.00. The monoisotopic (exact) mass is 237 g/mol. The van der Waals surface area contributed by atoms with Crippen molar-refractivity contribution in [3.8, 4) is 0 Å². The smallest absolute Gasteiger partial charge is 0.0771 e. The largest absolute Gasteiger partial charge is 0.389 e. The third-order valence-corrected chi connectivity index (χ3v) is 3.72. The first-order valence-electron chi connectivity index (χ1n) is 6.60. The van der Waals surface area contributed by atoms with Gasteiger partial charge in [0.2, 0.25) is 0 Å². The Labute approximate surface area is 103 Å². The Morgan fingerprint density at radius 2 is 2.18 bits per heavy atom. The molecule has 17 heavy (non-hydrogen) atoms. The van der Waals surface area contributed by atoms with Gasteiger partial charge in [0, 0.05) is 38.4 Å². The van der Waals surface area contributed by atoms with Crippen LogP contribution in [0.4, 0.5) is 0 Å². The van der Waals surface area contributed by atoms with Gasteiger partial charge in [0.05, 0.1) is 5.60 Å².